The highest BCUT2D eigenvalue weighted by molar-refractivity contribution is 5.52. The van der Waals surface area contributed by atoms with Gasteiger partial charge in [0.15, 0.2) is 0 Å². The molecule has 4 heteroatoms. The molecule has 118 valence electrons. The third-order valence-electron chi connectivity index (χ3n) is 4.25. The fraction of sp³-hybridized carbons (Fsp3) is 0.706. The minimum atomic E-state index is -0.0449. The number of nitrogens with zero attached hydrogens (tertiary/aromatic N) is 2. The molecule has 1 aromatic rings. The lowest BCUT2D eigenvalue weighted by Crippen LogP contribution is -2.47. The van der Waals surface area contributed by atoms with Crippen LogP contribution >= 0.6 is 0 Å². The van der Waals surface area contributed by atoms with E-state index in [9.17, 15) is 0 Å². The normalized spacial score (nSPS) is 22.8. The molecular formula is C17H29N3O. The van der Waals surface area contributed by atoms with Crippen LogP contribution in [0.15, 0.2) is 18.5 Å². The van der Waals surface area contributed by atoms with Gasteiger partial charge in [-0.25, -0.2) is 0 Å². The fourth-order valence-corrected chi connectivity index (χ4v) is 2.92. The largest absolute Gasteiger partial charge is 0.377 e. The second-order valence-corrected chi connectivity index (χ2v) is 6.71. The molecular weight excluding hydrogens is 262 g/mol. The summed E-state index contributed by atoms with van der Waals surface area (Å²) in [6.45, 7) is 10.6. The molecule has 0 spiro atoms. The van der Waals surface area contributed by atoms with Gasteiger partial charge in [-0.2, -0.15) is 0 Å². The Bertz CT molecular complexity index is 449. The number of hydrogen-bond acceptors (Lipinski definition) is 4. The van der Waals surface area contributed by atoms with Gasteiger partial charge in [0.25, 0.3) is 0 Å². The van der Waals surface area contributed by atoms with E-state index in [1.165, 1.54) is 11.3 Å². The van der Waals surface area contributed by atoms with Crippen molar-refractivity contribution < 1.29 is 4.74 Å². The Hall–Kier alpha value is -1.13. The summed E-state index contributed by atoms with van der Waals surface area (Å²) in [6, 6.07) is 2.13. The van der Waals surface area contributed by atoms with Gasteiger partial charge in [-0.15, -0.1) is 0 Å². The first-order valence-corrected chi connectivity index (χ1v) is 7.98. The zero-order valence-electron chi connectivity index (χ0n) is 13.9. The average molecular weight is 291 g/mol. The Morgan fingerprint density at radius 2 is 2.29 bits per heavy atom. The van der Waals surface area contributed by atoms with E-state index < -0.39 is 0 Å². The number of piperidine rings is 1. The Morgan fingerprint density at radius 1 is 1.48 bits per heavy atom. The summed E-state index contributed by atoms with van der Waals surface area (Å²) in [7, 11) is 1.82. The highest BCUT2D eigenvalue weighted by Crippen LogP contribution is 2.29. The van der Waals surface area contributed by atoms with Gasteiger partial charge in [0.2, 0.25) is 0 Å². The quantitative estimate of drug-likeness (QED) is 0.874. The molecule has 1 unspecified atom stereocenters. The van der Waals surface area contributed by atoms with Crippen molar-refractivity contribution in [3.05, 3.63) is 24.0 Å². The van der Waals surface area contributed by atoms with Gasteiger partial charge in [0.05, 0.1) is 17.5 Å². The summed E-state index contributed by atoms with van der Waals surface area (Å²) < 4.78 is 5.71. The van der Waals surface area contributed by atoms with Crippen LogP contribution < -0.4 is 10.2 Å². The summed E-state index contributed by atoms with van der Waals surface area (Å²) >= 11 is 0. The molecule has 0 radical (unpaired) electrons. The van der Waals surface area contributed by atoms with Crippen LogP contribution in [0.4, 0.5) is 5.69 Å². The molecule has 1 aliphatic heterocycles. The molecule has 1 aromatic heterocycles. The lowest BCUT2D eigenvalue weighted by atomic mass is 9.94. The van der Waals surface area contributed by atoms with E-state index in [-0.39, 0.29) is 5.60 Å². The summed E-state index contributed by atoms with van der Waals surface area (Å²) in [6.07, 6.45) is 6.17. The van der Waals surface area contributed by atoms with E-state index in [4.69, 9.17) is 4.74 Å². The van der Waals surface area contributed by atoms with Crippen molar-refractivity contribution in [2.45, 2.75) is 45.8 Å². The minimum Gasteiger partial charge on any atom is -0.377 e. The zero-order chi connectivity index (χ0) is 15.3. The van der Waals surface area contributed by atoms with Crippen LogP contribution in [0.5, 0.6) is 0 Å². The van der Waals surface area contributed by atoms with E-state index >= 15 is 0 Å². The maximum atomic E-state index is 5.71. The van der Waals surface area contributed by atoms with E-state index in [0.717, 1.165) is 39.0 Å². The van der Waals surface area contributed by atoms with E-state index in [0.29, 0.717) is 5.92 Å². The van der Waals surface area contributed by atoms with Gasteiger partial charge < -0.3 is 15.0 Å². The maximum Gasteiger partial charge on any atom is 0.0825 e. The van der Waals surface area contributed by atoms with Crippen LogP contribution in [-0.4, -0.2) is 37.3 Å². The molecule has 21 heavy (non-hydrogen) atoms. The van der Waals surface area contributed by atoms with Crippen molar-refractivity contribution in [1.29, 1.82) is 0 Å². The topological polar surface area (TPSA) is 37.4 Å². The van der Waals surface area contributed by atoms with Crippen molar-refractivity contribution in [2.24, 2.45) is 5.92 Å². The number of pyridine rings is 1. The van der Waals surface area contributed by atoms with Crippen molar-refractivity contribution in [3.63, 3.8) is 0 Å². The van der Waals surface area contributed by atoms with Crippen LogP contribution in [0.1, 0.15) is 39.2 Å². The van der Waals surface area contributed by atoms with Crippen molar-refractivity contribution in [3.8, 4) is 0 Å². The number of ether oxygens (including phenoxy) is 1. The van der Waals surface area contributed by atoms with Crippen molar-refractivity contribution >= 4 is 5.69 Å². The summed E-state index contributed by atoms with van der Waals surface area (Å²) in [5.74, 6) is 0.669. The first-order chi connectivity index (χ1) is 10.0. The summed E-state index contributed by atoms with van der Waals surface area (Å²) in [5, 5.41) is 3.53. The van der Waals surface area contributed by atoms with Gasteiger partial charge in [-0.1, -0.05) is 13.8 Å². The van der Waals surface area contributed by atoms with Gasteiger partial charge in [-0.3, -0.25) is 4.98 Å². The number of methoxy groups -OCH3 is 1. The van der Waals surface area contributed by atoms with Gasteiger partial charge in [-0.05, 0) is 43.9 Å². The Kier molecular flexibility index (Phi) is 5.59. The van der Waals surface area contributed by atoms with Crippen LogP contribution in [0.2, 0.25) is 0 Å². The van der Waals surface area contributed by atoms with Crippen LogP contribution in [0.3, 0.4) is 0 Å². The van der Waals surface area contributed by atoms with Crippen LogP contribution in [0.25, 0.3) is 0 Å². The molecule has 0 aromatic carbocycles. The molecule has 0 bridgehead atoms. The van der Waals surface area contributed by atoms with E-state index in [1.807, 2.05) is 19.5 Å². The number of nitrogens with one attached hydrogen (secondary N) is 1. The van der Waals surface area contributed by atoms with Crippen LogP contribution in [-0.2, 0) is 11.3 Å². The zero-order valence-corrected chi connectivity index (χ0v) is 13.9. The van der Waals surface area contributed by atoms with Crippen molar-refractivity contribution in [1.82, 2.24) is 10.3 Å². The molecule has 0 amide bonds. The molecule has 1 atom stereocenters. The lowest BCUT2D eigenvalue weighted by Gasteiger charge is -2.41. The SMILES string of the molecule is COC1(C)CCCN(c2cnccc2CNCC(C)C)C1. The molecule has 2 heterocycles. The van der Waals surface area contributed by atoms with Gasteiger partial charge >= 0.3 is 0 Å². The third kappa shape index (κ3) is 4.42. The fourth-order valence-electron chi connectivity index (χ4n) is 2.92. The molecule has 0 aliphatic carbocycles. The molecule has 1 fully saturated rings. The van der Waals surface area contributed by atoms with Gasteiger partial charge in [0, 0.05) is 32.9 Å². The Labute approximate surface area is 128 Å². The maximum absolute atomic E-state index is 5.71. The monoisotopic (exact) mass is 291 g/mol. The second-order valence-electron chi connectivity index (χ2n) is 6.71. The summed E-state index contributed by atoms with van der Waals surface area (Å²) in [5.41, 5.74) is 2.53. The molecule has 1 saturated heterocycles. The number of anilines is 1. The standard InChI is InChI=1S/C17H29N3O/c1-14(2)10-19-11-15-6-8-18-12-16(15)20-9-5-7-17(3,13-20)21-4/h6,8,12,14,19H,5,7,9-11,13H2,1-4H3. The molecule has 0 saturated carbocycles. The van der Waals surface area contributed by atoms with Crippen molar-refractivity contribution in [2.75, 3.05) is 31.6 Å². The Morgan fingerprint density at radius 3 is 3.00 bits per heavy atom. The minimum absolute atomic E-state index is 0.0449. The number of rotatable bonds is 6. The van der Waals surface area contributed by atoms with Gasteiger partial charge in [0.1, 0.15) is 0 Å². The predicted molar refractivity (Wildman–Crippen MR) is 87.6 cm³/mol. The second kappa shape index (κ2) is 7.23. The lowest BCUT2D eigenvalue weighted by molar-refractivity contribution is -0.00469. The predicted octanol–water partition coefficient (Wildman–Crippen LogP) is 2.83. The molecule has 4 nitrogen and oxygen atoms in total. The Balaban J connectivity index is 2.08. The molecule has 1 N–H and O–H groups in total. The number of aromatic nitrogens is 1. The highest BCUT2D eigenvalue weighted by atomic mass is 16.5. The average Bonchev–Trinajstić information content (AvgIpc) is 2.47. The number of hydrogen-bond donors (Lipinski definition) is 1. The first-order valence-electron chi connectivity index (χ1n) is 7.98. The first kappa shape index (κ1) is 16.2. The molecule has 1 aliphatic rings. The van der Waals surface area contributed by atoms with E-state index in [1.54, 1.807) is 0 Å². The van der Waals surface area contributed by atoms with E-state index in [2.05, 4.69) is 42.0 Å². The smallest absolute Gasteiger partial charge is 0.0825 e. The molecule has 2 rings (SSSR count). The summed E-state index contributed by atoms with van der Waals surface area (Å²) in [4.78, 5) is 6.75. The highest BCUT2D eigenvalue weighted by Gasteiger charge is 2.31. The van der Waals surface area contributed by atoms with Crippen LogP contribution in [0, 0.1) is 5.92 Å². The third-order valence-corrected chi connectivity index (χ3v) is 4.25.